The highest BCUT2D eigenvalue weighted by molar-refractivity contribution is 7.92. The van der Waals surface area contributed by atoms with Gasteiger partial charge in [-0.05, 0) is 56.2 Å². The number of aromatic nitrogens is 4. The highest BCUT2D eigenvalue weighted by atomic mass is 32.2. The number of ether oxygens (including phenoxy) is 1. The van der Waals surface area contributed by atoms with Crippen molar-refractivity contribution < 1.29 is 17.9 Å². The van der Waals surface area contributed by atoms with Gasteiger partial charge in [0, 0.05) is 37.1 Å². The fraction of sp³-hybridized carbons (Fsp3) is 0.310. The molecule has 2 amide bonds. The molecule has 6 rings (SSSR count). The molecular weight excluding hydrogens is 542 g/mol. The van der Waals surface area contributed by atoms with Gasteiger partial charge in [-0.25, -0.2) is 23.2 Å². The van der Waals surface area contributed by atoms with Gasteiger partial charge < -0.3 is 20.3 Å². The average molecular weight is 574 g/mol. The van der Waals surface area contributed by atoms with E-state index in [0.29, 0.717) is 71.8 Å². The molecule has 1 atom stereocenters. The van der Waals surface area contributed by atoms with Gasteiger partial charge in [-0.1, -0.05) is 18.2 Å². The van der Waals surface area contributed by atoms with Crippen LogP contribution in [0.5, 0.6) is 0 Å². The first-order chi connectivity index (χ1) is 19.7. The van der Waals surface area contributed by atoms with Gasteiger partial charge >= 0.3 is 6.03 Å². The zero-order valence-corrected chi connectivity index (χ0v) is 23.6. The molecule has 4 aromatic rings. The lowest BCUT2D eigenvalue weighted by molar-refractivity contribution is 0.0985. The summed E-state index contributed by atoms with van der Waals surface area (Å²) >= 11 is 0. The molecule has 11 nitrogen and oxygen atoms in total. The number of anilines is 3. The van der Waals surface area contributed by atoms with E-state index in [9.17, 15) is 13.2 Å². The van der Waals surface area contributed by atoms with Crippen LogP contribution in [0.2, 0.25) is 0 Å². The van der Waals surface area contributed by atoms with E-state index < -0.39 is 20.6 Å². The molecule has 2 aromatic carbocycles. The molecule has 212 valence electrons. The highest BCUT2D eigenvalue weighted by Crippen LogP contribution is 2.55. The van der Waals surface area contributed by atoms with Crippen molar-refractivity contribution in [3.8, 4) is 11.4 Å². The van der Waals surface area contributed by atoms with Crippen molar-refractivity contribution in [2.45, 2.75) is 35.4 Å². The maximum absolute atomic E-state index is 13.9. The first kappa shape index (κ1) is 26.9. The number of hydrogen-bond donors (Lipinski definition) is 2. The van der Waals surface area contributed by atoms with E-state index in [2.05, 4.69) is 27.6 Å². The number of hydrogen-bond acceptors (Lipinski definition) is 8. The zero-order chi connectivity index (χ0) is 28.6. The van der Waals surface area contributed by atoms with Crippen molar-refractivity contribution in [3.05, 3.63) is 78.8 Å². The van der Waals surface area contributed by atoms with Crippen molar-refractivity contribution in [3.63, 3.8) is 0 Å². The van der Waals surface area contributed by atoms with Gasteiger partial charge in [-0.15, -0.1) is 0 Å². The van der Waals surface area contributed by atoms with E-state index in [1.54, 1.807) is 66.6 Å². The third-order valence-corrected chi connectivity index (χ3v) is 10.0. The Hall–Kier alpha value is -4.29. The van der Waals surface area contributed by atoms with E-state index >= 15 is 0 Å². The van der Waals surface area contributed by atoms with Crippen molar-refractivity contribution in [2.75, 3.05) is 35.3 Å². The number of nitrogens with zero attached hydrogens (tertiary/aromatic N) is 5. The molecule has 0 radical (unpaired) electrons. The van der Waals surface area contributed by atoms with Crippen LogP contribution in [0, 0.1) is 0 Å². The van der Waals surface area contributed by atoms with Crippen LogP contribution < -0.4 is 15.5 Å². The number of carbonyl (C=O) groups is 1. The van der Waals surface area contributed by atoms with Gasteiger partial charge in [-0.2, -0.15) is 5.10 Å². The largest absolute Gasteiger partial charge is 0.377 e. The predicted octanol–water partition coefficient (Wildman–Crippen LogP) is 4.21. The maximum Gasteiger partial charge on any atom is 0.323 e. The van der Waals surface area contributed by atoms with Gasteiger partial charge in [0.25, 0.3) is 0 Å². The van der Waals surface area contributed by atoms with Gasteiger partial charge in [-0.3, -0.25) is 4.68 Å². The maximum atomic E-state index is 13.9. The molecule has 12 heteroatoms. The van der Waals surface area contributed by atoms with E-state index in [-0.39, 0.29) is 6.04 Å². The smallest absolute Gasteiger partial charge is 0.323 e. The lowest BCUT2D eigenvalue weighted by Crippen LogP contribution is -2.44. The normalized spacial score (nSPS) is 18.1. The number of carbonyl (C=O) groups excluding carboxylic acids is 1. The molecule has 1 saturated heterocycles. The Morgan fingerprint density at radius 2 is 1.76 bits per heavy atom. The van der Waals surface area contributed by atoms with Crippen molar-refractivity contribution in [1.82, 2.24) is 19.7 Å². The summed E-state index contributed by atoms with van der Waals surface area (Å²) in [5, 5.41) is 9.58. The molecule has 2 aromatic heterocycles. The average Bonchev–Trinajstić information content (AvgIpc) is 3.71. The summed E-state index contributed by atoms with van der Waals surface area (Å²) in [4.78, 5) is 24.6. The number of rotatable bonds is 7. The third-order valence-electron chi connectivity index (χ3n) is 7.48. The number of sulfone groups is 1. The number of urea groups is 1. The first-order valence-electron chi connectivity index (χ1n) is 13.5. The summed E-state index contributed by atoms with van der Waals surface area (Å²) in [6.45, 7) is 3.83. The SMILES string of the molecule is C[C@H]1COCCN1c1cc(C2(S(=O)(=O)c3ccccc3)CC2)nc(-c2ccc(NC(=O)Nc3cnn(C)c3)cc2)n1. The molecule has 41 heavy (non-hydrogen) atoms. The topological polar surface area (TPSA) is 131 Å². The molecule has 0 unspecified atom stereocenters. The van der Waals surface area contributed by atoms with Gasteiger partial charge in [0.15, 0.2) is 15.7 Å². The Kier molecular flexibility index (Phi) is 6.96. The number of morpholine rings is 1. The van der Waals surface area contributed by atoms with Crippen LogP contribution in [0.25, 0.3) is 11.4 Å². The number of amides is 2. The molecule has 2 aliphatic rings. The minimum atomic E-state index is -3.68. The predicted molar refractivity (Wildman–Crippen MR) is 155 cm³/mol. The Morgan fingerprint density at radius 1 is 1.02 bits per heavy atom. The minimum Gasteiger partial charge on any atom is -0.377 e. The molecule has 2 fully saturated rings. The summed E-state index contributed by atoms with van der Waals surface area (Å²) in [5.41, 5.74) is 2.37. The van der Waals surface area contributed by atoms with Crippen LogP contribution in [0.3, 0.4) is 0 Å². The van der Waals surface area contributed by atoms with Crippen LogP contribution in [0.4, 0.5) is 22.0 Å². The summed E-state index contributed by atoms with van der Waals surface area (Å²) in [7, 11) is -1.91. The van der Waals surface area contributed by atoms with E-state index in [0.717, 1.165) is 0 Å². The molecule has 0 spiro atoms. The van der Waals surface area contributed by atoms with Crippen molar-refractivity contribution in [1.29, 1.82) is 0 Å². The molecule has 2 N–H and O–H groups in total. The monoisotopic (exact) mass is 573 g/mol. The molecule has 3 heterocycles. The molecule has 0 bridgehead atoms. The van der Waals surface area contributed by atoms with E-state index in [1.165, 1.54) is 0 Å². The van der Waals surface area contributed by atoms with E-state index in [4.69, 9.17) is 14.7 Å². The highest BCUT2D eigenvalue weighted by Gasteiger charge is 2.58. The first-order valence-corrected chi connectivity index (χ1v) is 14.9. The van der Waals surface area contributed by atoms with Crippen molar-refractivity contribution >= 4 is 33.1 Å². The summed E-state index contributed by atoms with van der Waals surface area (Å²) in [6.07, 6.45) is 4.25. The Balaban J connectivity index is 1.33. The summed E-state index contributed by atoms with van der Waals surface area (Å²) in [6, 6.07) is 17.2. The zero-order valence-electron chi connectivity index (χ0n) is 22.8. The Bertz CT molecular complexity index is 1670. The second-order valence-electron chi connectivity index (χ2n) is 10.4. The van der Waals surface area contributed by atoms with Crippen LogP contribution >= 0.6 is 0 Å². The molecular formula is C29H31N7O4S. The van der Waals surface area contributed by atoms with Crippen molar-refractivity contribution in [2.24, 2.45) is 7.05 Å². The lowest BCUT2D eigenvalue weighted by atomic mass is 10.1. The Morgan fingerprint density at radius 3 is 2.41 bits per heavy atom. The number of nitrogens with one attached hydrogen (secondary N) is 2. The van der Waals surface area contributed by atoms with Crippen LogP contribution in [-0.4, -0.2) is 60.0 Å². The van der Waals surface area contributed by atoms with Crippen LogP contribution in [0.15, 0.2) is 78.0 Å². The van der Waals surface area contributed by atoms with E-state index in [1.807, 2.05) is 18.2 Å². The second kappa shape index (κ2) is 10.6. The minimum absolute atomic E-state index is 0.0742. The number of benzene rings is 2. The quantitative estimate of drug-likeness (QED) is 0.336. The van der Waals surface area contributed by atoms with Gasteiger partial charge in [0.2, 0.25) is 0 Å². The second-order valence-corrected chi connectivity index (χ2v) is 12.7. The Labute approximate surface area is 238 Å². The standard InChI is InChI=1S/C29H31N7O4S/c1-20-19-40-15-14-36(20)26-16-25(29(12-13-29)41(38,39)24-6-4-3-5-7-24)33-27(34-26)21-8-10-22(11-9-21)31-28(37)32-23-17-30-35(2)18-23/h3-11,16-18,20H,12-15,19H2,1-2H3,(H2,31,32,37)/t20-/m0/s1. The van der Waals surface area contributed by atoms with Crippen LogP contribution in [-0.2, 0) is 26.4 Å². The van der Waals surface area contributed by atoms with Gasteiger partial charge in [0.05, 0.1) is 41.7 Å². The molecule has 1 aliphatic heterocycles. The summed E-state index contributed by atoms with van der Waals surface area (Å²) in [5.74, 6) is 1.10. The summed E-state index contributed by atoms with van der Waals surface area (Å²) < 4.78 is 33.8. The third kappa shape index (κ3) is 5.27. The van der Waals surface area contributed by atoms with Crippen LogP contribution in [0.1, 0.15) is 25.5 Å². The molecule has 1 saturated carbocycles. The van der Waals surface area contributed by atoms with Gasteiger partial charge in [0.1, 0.15) is 10.6 Å². The molecule has 1 aliphatic carbocycles. The number of aryl methyl sites for hydroxylation is 1. The fourth-order valence-corrected chi connectivity index (χ4v) is 7.08. The fourth-order valence-electron chi connectivity index (χ4n) is 5.09. The lowest BCUT2D eigenvalue weighted by Gasteiger charge is -2.34.